The second-order valence-corrected chi connectivity index (χ2v) is 4.85. The van der Waals surface area contributed by atoms with Crippen molar-refractivity contribution in [2.75, 3.05) is 0 Å². The number of nitrogens with zero attached hydrogens (tertiary/aromatic N) is 1. The van der Waals surface area contributed by atoms with E-state index in [9.17, 15) is 13.8 Å². The zero-order valence-electron chi connectivity index (χ0n) is 8.11. The smallest absolute Gasteiger partial charge is 0.282 e. The first-order valence-electron chi connectivity index (χ1n) is 4.95. The van der Waals surface area contributed by atoms with E-state index in [0.717, 1.165) is 6.42 Å². The van der Waals surface area contributed by atoms with Gasteiger partial charge >= 0.3 is 11.4 Å². The average molecular weight is 243 g/mol. The normalized spacial score (nSPS) is 41.9. The van der Waals surface area contributed by atoms with Crippen molar-refractivity contribution < 1.29 is 22.6 Å². The van der Waals surface area contributed by atoms with Gasteiger partial charge in [-0.3, -0.25) is 14.1 Å². The number of fused-ring (bicyclic) bond motifs is 5. The van der Waals surface area contributed by atoms with Crippen LogP contribution in [0.4, 0.5) is 0 Å². The van der Waals surface area contributed by atoms with Gasteiger partial charge in [0.05, 0.1) is 11.8 Å². The molecule has 2 bridgehead atoms. The van der Waals surface area contributed by atoms with Crippen molar-refractivity contribution in [2.24, 2.45) is 23.7 Å². The number of rotatable bonds is 2. The Labute approximate surface area is 93.7 Å². The number of hydrogen-bond acceptors (Lipinski definition) is 4. The molecule has 2 fully saturated rings. The third-order valence-corrected chi connectivity index (χ3v) is 3.84. The van der Waals surface area contributed by atoms with Gasteiger partial charge in [0.25, 0.3) is 11.8 Å². The van der Waals surface area contributed by atoms with Gasteiger partial charge in [-0.15, -0.1) is 9.35 Å². The lowest BCUT2D eigenvalue weighted by Gasteiger charge is -2.13. The summed E-state index contributed by atoms with van der Waals surface area (Å²) >= 11 is -2.64. The highest BCUT2D eigenvalue weighted by Gasteiger charge is 2.60. The molecule has 7 heteroatoms. The Morgan fingerprint density at radius 2 is 1.75 bits per heavy atom. The minimum atomic E-state index is -2.64. The second kappa shape index (κ2) is 3.22. The molecule has 0 radical (unpaired) electrons. The third-order valence-electron chi connectivity index (χ3n) is 3.57. The molecule has 1 heterocycles. The van der Waals surface area contributed by atoms with Crippen LogP contribution in [0.2, 0.25) is 0 Å². The largest absolute Gasteiger partial charge is 0.325 e. The number of amides is 2. The summed E-state index contributed by atoms with van der Waals surface area (Å²) in [5, 5.41) is 0.456. The molecule has 0 aromatic rings. The van der Waals surface area contributed by atoms with Gasteiger partial charge in [-0.25, -0.2) is 0 Å². The van der Waals surface area contributed by atoms with E-state index in [-0.39, 0.29) is 11.8 Å². The number of hydrogen-bond donors (Lipinski definition) is 1. The number of carbonyl (C=O) groups is 2. The molecule has 2 amide bonds. The van der Waals surface area contributed by atoms with Gasteiger partial charge in [0.2, 0.25) is 0 Å². The minimum Gasteiger partial charge on any atom is -0.282 e. The molecule has 3 rings (SSSR count). The highest BCUT2D eigenvalue weighted by Crippen LogP contribution is 2.52. The molecule has 6 nitrogen and oxygen atoms in total. The zero-order valence-corrected chi connectivity index (χ0v) is 8.92. The van der Waals surface area contributed by atoms with Crippen molar-refractivity contribution in [2.45, 2.75) is 6.42 Å². The summed E-state index contributed by atoms with van der Waals surface area (Å²) in [5.41, 5.74) is 0. The maximum Gasteiger partial charge on any atom is 0.325 e. The van der Waals surface area contributed by atoms with E-state index in [0.29, 0.717) is 5.06 Å². The van der Waals surface area contributed by atoms with Crippen LogP contribution in [0.15, 0.2) is 12.2 Å². The molecule has 3 aliphatic rings. The van der Waals surface area contributed by atoms with E-state index in [2.05, 4.69) is 4.28 Å². The Kier molecular flexibility index (Phi) is 2.04. The van der Waals surface area contributed by atoms with Crippen LogP contribution in [0.3, 0.4) is 0 Å². The van der Waals surface area contributed by atoms with Crippen LogP contribution in [0.5, 0.6) is 0 Å². The molecule has 86 valence electrons. The highest BCUT2D eigenvalue weighted by molar-refractivity contribution is 7.74. The van der Waals surface area contributed by atoms with Gasteiger partial charge in [-0.1, -0.05) is 12.2 Å². The maximum atomic E-state index is 11.8. The lowest BCUT2D eigenvalue weighted by molar-refractivity contribution is -0.166. The van der Waals surface area contributed by atoms with Crippen molar-refractivity contribution in [1.82, 2.24) is 5.06 Å². The van der Waals surface area contributed by atoms with Gasteiger partial charge < -0.3 is 0 Å². The molecule has 16 heavy (non-hydrogen) atoms. The molecule has 1 N–H and O–H groups in total. The molecular weight excluding hydrogens is 234 g/mol. The Hall–Kier alpha value is -1.05. The summed E-state index contributed by atoms with van der Waals surface area (Å²) < 4.78 is 23.3. The molecule has 0 spiro atoms. The van der Waals surface area contributed by atoms with Crippen molar-refractivity contribution in [3.05, 3.63) is 12.2 Å². The molecule has 1 aliphatic heterocycles. The Balaban J connectivity index is 1.91. The summed E-state index contributed by atoms with van der Waals surface area (Å²) in [4.78, 5) is 23.6. The van der Waals surface area contributed by atoms with Crippen LogP contribution >= 0.6 is 0 Å². The third kappa shape index (κ3) is 1.16. The van der Waals surface area contributed by atoms with Crippen LogP contribution < -0.4 is 0 Å². The lowest BCUT2D eigenvalue weighted by Crippen LogP contribution is -2.33. The van der Waals surface area contributed by atoms with Gasteiger partial charge in [0, 0.05) is 0 Å². The summed E-state index contributed by atoms with van der Waals surface area (Å²) in [6.45, 7) is 0. The topological polar surface area (TPSA) is 83.9 Å². The first-order chi connectivity index (χ1) is 7.59. The monoisotopic (exact) mass is 243 g/mol. The molecule has 0 aromatic heterocycles. The van der Waals surface area contributed by atoms with Gasteiger partial charge in [0.15, 0.2) is 0 Å². The Morgan fingerprint density at radius 1 is 1.25 bits per heavy atom. The summed E-state index contributed by atoms with van der Waals surface area (Å²) in [5.74, 6) is -1.63. The average Bonchev–Trinajstić information content (AvgIpc) is 2.87. The summed E-state index contributed by atoms with van der Waals surface area (Å²) in [6.07, 6.45) is 4.70. The summed E-state index contributed by atoms with van der Waals surface area (Å²) in [7, 11) is 0. The number of carbonyl (C=O) groups excluding carboxylic acids is 2. The minimum absolute atomic E-state index is 0.0761. The van der Waals surface area contributed by atoms with Gasteiger partial charge in [-0.05, 0) is 18.3 Å². The van der Waals surface area contributed by atoms with Crippen LogP contribution in [0, 0.1) is 23.7 Å². The fraction of sp³-hybridized carbons (Fsp3) is 0.556. The van der Waals surface area contributed by atoms with Crippen LogP contribution in [-0.2, 0) is 25.2 Å². The number of hydroxylamine groups is 2. The molecule has 0 aromatic carbocycles. The maximum absolute atomic E-state index is 11.8. The van der Waals surface area contributed by atoms with Crippen LogP contribution in [0.1, 0.15) is 6.42 Å². The molecule has 1 saturated carbocycles. The number of allylic oxidation sites excluding steroid dienone is 2. The van der Waals surface area contributed by atoms with E-state index in [1.54, 1.807) is 0 Å². The van der Waals surface area contributed by atoms with Gasteiger partial charge in [0.1, 0.15) is 0 Å². The SMILES string of the molecule is O=C1C2C3C=CC(C3)C2C(=O)N1OS(=O)O. The van der Waals surface area contributed by atoms with Crippen molar-refractivity contribution in [3.63, 3.8) is 0 Å². The molecule has 5 atom stereocenters. The van der Waals surface area contributed by atoms with Gasteiger partial charge in [-0.2, -0.15) is 4.21 Å². The quantitative estimate of drug-likeness (QED) is 0.414. The second-order valence-electron chi connectivity index (χ2n) is 4.26. The first-order valence-corrected chi connectivity index (χ1v) is 5.98. The van der Waals surface area contributed by atoms with Crippen LogP contribution in [-0.4, -0.2) is 25.6 Å². The van der Waals surface area contributed by atoms with E-state index < -0.39 is 35.0 Å². The highest BCUT2D eigenvalue weighted by atomic mass is 32.2. The molecular formula is C9H9NO5S. The predicted octanol–water partition coefficient (Wildman–Crippen LogP) is -0.138. The Morgan fingerprint density at radius 3 is 2.19 bits per heavy atom. The van der Waals surface area contributed by atoms with E-state index in [1.807, 2.05) is 12.2 Å². The van der Waals surface area contributed by atoms with E-state index in [4.69, 9.17) is 4.55 Å². The standard InChI is InChI=1S/C9H9NO5S/c11-8-6-4-1-2-5(3-4)7(6)9(12)10(8)15-16(13)14/h1-2,4-7H,3H2,(H,13,14). The Bertz CT molecular complexity index is 404. The van der Waals surface area contributed by atoms with Crippen LogP contribution in [0.25, 0.3) is 0 Å². The molecule has 5 unspecified atom stereocenters. The van der Waals surface area contributed by atoms with Crippen molar-refractivity contribution >= 4 is 23.2 Å². The summed E-state index contributed by atoms with van der Waals surface area (Å²) in [6, 6.07) is 0. The first kappa shape index (κ1) is 10.1. The molecule has 1 saturated heterocycles. The number of imide groups is 1. The lowest BCUT2D eigenvalue weighted by atomic mass is 9.85. The fourth-order valence-electron chi connectivity index (χ4n) is 3.01. The molecule has 2 aliphatic carbocycles. The van der Waals surface area contributed by atoms with Crippen molar-refractivity contribution in [1.29, 1.82) is 0 Å². The zero-order chi connectivity index (χ0) is 11.4. The van der Waals surface area contributed by atoms with E-state index in [1.165, 1.54) is 0 Å². The van der Waals surface area contributed by atoms with E-state index >= 15 is 0 Å². The predicted molar refractivity (Wildman–Crippen MR) is 51.4 cm³/mol. The fourth-order valence-corrected chi connectivity index (χ4v) is 3.29. The van der Waals surface area contributed by atoms with Crippen molar-refractivity contribution in [3.8, 4) is 0 Å².